The van der Waals surface area contributed by atoms with Crippen LogP contribution in [0.5, 0.6) is 0 Å². The fourth-order valence-corrected chi connectivity index (χ4v) is 4.39. The summed E-state index contributed by atoms with van der Waals surface area (Å²) in [6, 6.07) is 6.95. The van der Waals surface area contributed by atoms with Crippen molar-refractivity contribution in [1.82, 2.24) is 24.9 Å². The maximum atomic E-state index is 9.18. The Kier molecular flexibility index (Phi) is 3.65. The molecule has 0 amide bonds. The first-order chi connectivity index (χ1) is 12.7. The second-order valence-electron chi connectivity index (χ2n) is 7.40. The highest BCUT2D eigenvalue weighted by molar-refractivity contribution is 5.77. The molecule has 2 bridgehead atoms. The van der Waals surface area contributed by atoms with Gasteiger partial charge in [-0.15, -0.1) is 0 Å². The number of nitrogen functional groups attached to an aromatic ring is 1. The van der Waals surface area contributed by atoms with E-state index in [4.69, 9.17) is 10.7 Å². The van der Waals surface area contributed by atoms with Crippen molar-refractivity contribution in [3.8, 4) is 11.1 Å². The van der Waals surface area contributed by atoms with Crippen molar-refractivity contribution < 1.29 is 5.11 Å². The summed E-state index contributed by atoms with van der Waals surface area (Å²) in [6.45, 7) is -0.0670. The molecule has 7 heteroatoms. The highest BCUT2D eigenvalue weighted by Gasteiger charge is 2.35. The van der Waals surface area contributed by atoms with Crippen LogP contribution in [-0.2, 0) is 6.61 Å². The Hall–Kier alpha value is -2.51. The van der Waals surface area contributed by atoms with Crippen molar-refractivity contribution in [3.63, 3.8) is 0 Å². The number of pyridine rings is 1. The van der Waals surface area contributed by atoms with Crippen LogP contribution >= 0.6 is 0 Å². The van der Waals surface area contributed by atoms with Gasteiger partial charge in [-0.05, 0) is 31.7 Å². The van der Waals surface area contributed by atoms with Gasteiger partial charge in [0.2, 0.25) is 0 Å². The minimum atomic E-state index is -0.0670. The number of aliphatic hydroxyl groups is 1. The third-order valence-corrected chi connectivity index (χ3v) is 5.71. The quantitative estimate of drug-likeness (QED) is 0.666. The molecule has 2 atom stereocenters. The predicted molar refractivity (Wildman–Crippen MR) is 98.5 cm³/mol. The van der Waals surface area contributed by atoms with E-state index in [0.717, 1.165) is 35.3 Å². The van der Waals surface area contributed by atoms with Crippen LogP contribution in [0.3, 0.4) is 0 Å². The summed E-state index contributed by atoms with van der Waals surface area (Å²) in [5, 5.41) is 17.3. The molecule has 2 aliphatic rings. The Labute approximate surface area is 151 Å². The van der Waals surface area contributed by atoms with Gasteiger partial charge in [0.25, 0.3) is 0 Å². The Balaban J connectivity index is 1.57. The minimum absolute atomic E-state index is 0.0670. The van der Waals surface area contributed by atoms with E-state index in [9.17, 15) is 5.11 Å². The lowest BCUT2D eigenvalue weighted by Crippen LogP contribution is -2.37. The molecule has 0 radical (unpaired) electrons. The summed E-state index contributed by atoms with van der Waals surface area (Å²) in [5.41, 5.74) is 10.6. The molecule has 134 valence electrons. The largest absolute Gasteiger partial charge is 0.390 e. The summed E-state index contributed by atoms with van der Waals surface area (Å²) in [6.07, 6.45) is 8.30. The third kappa shape index (κ3) is 2.55. The monoisotopic (exact) mass is 350 g/mol. The van der Waals surface area contributed by atoms with Gasteiger partial charge in [-0.2, -0.15) is 9.61 Å². The van der Waals surface area contributed by atoms with Gasteiger partial charge in [0.05, 0.1) is 18.5 Å². The second-order valence-corrected chi connectivity index (χ2v) is 7.40. The number of rotatable bonds is 3. The van der Waals surface area contributed by atoms with Gasteiger partial charge in [-0.3, -0.25) is 4.98 Å². The lowest BCUT2D eigenvalue weighted by atomic mass is 9.89. The normalized spacial score (nSPS) is 25.0. The number of hydrogen-bond acceptors (Lipinski definition) is 6. The summed E-state index contributed by atoms with van der Waals surface area (Å²) in [4.78, 5) is 9.22. The lowest BCUT2D eigenvalue weighted by molar-refractivity contribution is 0.277. The van der Waals surface area contributed by atoms with Gasteiger partial charge < -0.3 is 16.2 Å². The molecule has 7 nitrogen and oxygen atoms in total. The molecule has 4 N–H and O–H groups in total. The zero-order valence-electron chi connectivity index (χ0n) is 14.5. The van der Waals surface area contributed by atoms with Crippen molar-refractivity contribution in [3.05, 3.63) is 42.0 Å². The highest BCUT2D eigenvalue weighted by atomic mass is 16.3. The number of nitrogens with two attached hydrogens (primary N) is 1. The van der Waals surface area contributed by atoms with Gasteiger partial charge in [0, 0.05) is 47.1 Å². The number of aromatic nitrogens is 4. The van der Waals surface area contributed by atoms with Crippen molar-refractivity contribution in [2.24, 2.45) is 0 Å². The van der Waals surface area contributed by atoms with E-state index >= 15 is 0 Å². The van der Waals surface area contributed by atoms with E-state index in [2.05, 4.69) is 15.4 Å². The van der Waals surface area contributed by atoms with Gasteiger partial charge in [-0.25, -0.2) is 4.98 Å². The van der Waals surface area contributed by atoms with Crippen molar-refractivity contribution in [1.29, 1.82) is 0 Å². The number of aliphatic hydroxyl groups excluding tert-OH is 1. The van der Waals surface area contributed by atoms with Crippen molar-refractivity contribution in [2.45, 2.75) is 50.3 Å². The molecule has 26 heavy (non-hydrogen) atoms. The first-order valence-corrected chi connectivity index (χ1v) is 9.17. The second kappa shape index (κ2) is 6.03. The molecule has 0 aliphatic carbocycles. The zero-order chi connectivity index (χ0) is 17.7. The molecule has 3 aromatic rings. The molecule has 2 unspecified atom stereocenters. The van der Waals surface area contributed by atoms with Crippen molar-refractivity contribution >= 4 is 11.5 Å². The van der Waals surface area contributed by atoms with Crippen LogP contribution in [0, 0.1) is 0 Å². The number of nitrogens with one attached hydrogen (secondary N) is 1. The maximum Gasteiger partial charge on any atom is 0.165 e. The van der Waals surface area contributed by atoms with E-state index in [-0.39, 0.29) is 6.61 Å². The smallest absolute Gasteiger partial charge is 0.165 e. The first-order valence-electron chi connectivity index (χ1n) is 9.17. The van der Waals surface area contributed by atoms with E-state index in [1.54, 1.807) is 16.9 Å². The van der Waals surface area contributed by atoms with Crippen LogP contribution in [0.25, 0.3) is 16.8 Å². The topological polar surface area (TPSA) is 101 Å². The Morgan fingerprint density at radius 3 is 2.69 bits per heavy atom. The third-order valence-electron chi connectivity index (χ3n) is 5.71. The number of hydrogen-bond donors (Lipinski definition) is 3. The summed E-state index contributed by atoms with van der Waals surface area (Å²) < 4.78 is 1.69. The summed E-state index contributed by atoms with van der Waals surface area (Å²) in [5.74, 6) is 1.06. The molecular formula is C19H22N6O. The molecule has 0 aromatic carbocycles. The Morgan fingerprint density at radius 1 is 1.19 bits per heavy atom. The molecule has 0 spiro atoms. The Morgan fingerprint density at radius 2 is 2.00 bits per heavy atom. The average molecular weight is 350 g/mol. The molecule has 3 aromatic heterocycles. The fraction of sp³-hybridized carbons (Fsp3) is 0.421. The first kappa shape index (κ1) is 15.7. The van der Waals surface area contributed by atoms with E-state index in [1.165, 1.54) is 12.8 Å². The Bertz CT molecular complexity index is 939. The maximum absolute atomic E-state index is 9.18. The number of anilines is 1. The number of piperidine rings is 1. The van der Waals surface area contributed by atoms with Gasteiger partial charge in [-0.1, -0.05) is 6.07 Å². The van der Waals surface area contributed by atoms with Gasteiger partial charge in [0.15, 0.2) is 5.65 Å². The minimum Gasteiger partial charge on any atom is -0.390 e. The van der Waals surface area contributed by atoms with E-state index in [0.29, 0.717) is 29.5 Å². The van der Waals surface area contributed by atoms with E-state index < -0.39 is 0 Å². The SMILES string of the molecule is Nc1cc(C2CC3CCC(C2)N3)nc2c(-c3ccc(CO)nc3)cnn12. The van der Waals surface area contributed by atoms with Crippen LogP contribution in [0.4, 0.5) is 5.82 Å². The fourth-order valence-electron chi connectivity index (χ4n) is 4.39. The summed E-state index contributed by atoms with van der Waals surface area (Å²) in [7, 11) is 0. The van der Waals surface area contributed by atoms with Crippen LogP contribution in [0.15, 0.2) is 30.6 Å². The van der Waals surface area contributed by atoms with Gasteiger partial charge >= 0.3 is 0 Å². The van der Waals surface area contributed by atoms with Crippen molar-refractivity contribution in [2.75, 3.05) is 5.73 Å². The zero-order valence-corrected chi connectivity index (χ0v) is 14.5. The number of fused-ring (bicyclic) bond motifs is 3. The van der Waals surface area contributed by atoms with Crippen LogP contribution in [0.2, 0.25) is 0 Å². The standard InChI is InChI=1S/C19H22N6O/c20-18-7-17(12-5-13-3-4-14(6-12)23-13)24-19-16(9-22-25(18)19)11-1-2-15(10-26)21-8-11/h1-2,7-9,12-14,23,26H,3-6,10,20H2. The van der Waals surface area contributed by atoms with Crippen LogP contribution in [0.1, 0.15) is 43.0 Å². The molecule has 5 rings (SSSR count). The van der Waals surface area contributed by atoms with Crippen LogP contribution in [-0.4, -0.2) is 36.8 Å². The molecule has 5 heterocycles. The predicted octanol–water partition coefficient (Wildman–Crippen LogP) is 1.86. The number of nitrogens with zero attached hydrogens (tertiary/aromatic N) is 4. The molecule has 2 saturated heterocycles. The van der Waals surface area contributed by atoms with E-state index in [1.807, 2.05) is 18.2 Å². The summed E-state index contributed by atoms with van der Waals surface area (Å²) >= 11 is 0. The molecular weight excluding hydrogens is 328 g/mol. The molecule has 2 fully saturated rings. The molecule has 0 saturated carbocycles. The average Bonchev–Trinajstić information content (AvgIpc) is 3.25. The lowest BCUT2D eigenvalue weighted by Gasteiger charge is -2.28. The highest BCUT2D eigenvalue weighted by Crippen LogP contribution is 2.37. The molecule has 2 aliphatic heterocycles. The van der Waals surface area contributed by atoms with Crippen LogP contribution < -0.4 is 11.1 Å². The van der Waals surface area contributed by atoms with Gasteiger partial charge in [0.1, 0.15) is 5.82 Å².